The maximum atomic E-state index is 12.7. The van der Waals surface area contributed by atoms with Crippen molar-refractivity contribution in [3.8, 4) is 11.8 Å². The summed E-state index contributed by atoms with van der Waals surface area (Å²) in [5.41, 5.74) is 1.73. The summed E-state index contributed by atoms with van der Waals surface area (Å²) in [7, 11) is 0. The van der Waals surface area contributed by atoms with E-state index in [-0.39, 0.29) is 17.7 Å². The summed E-state index contributed by atoms with van der Waals surface area (Å²) in [5.74, 6) is 1.12. The van der Waals surface area contributed by atoms with E-state index in [1.807, 2.05) is 0 Å². The van der Waals surface area contributed by atoms with Gasteiger partial charge in [0, 0.05) is 36.6 Å². The van der Waals surface area contributed by atoms with Gasteiger partial charge in [-0.25, -0.2) is 0 Å². The highest BCUT2D eigenvalue weighted by atomic mass is 19.3. The molecule has 3 aromatic rings. The number of hydrogen-bond acceptors (Lipinski definition) is 6. The molecular formula is C21H22F2N6O. The van der Waals surface area contributed by atoms with Crippen molar-refractivity contribution in [1.82, 2.24) is 19.7 Å². The summed E-state index contributed by atoms with van der Waals surface area (Å²) in [4.78, 5) is 6.44. The fraction of sp³-hybridized carbons (Fsp3) is 0.429. The van der Waals surface area contributed by atoms with Crippen LogP contribution < -0.4 is 9.64 Å². The van der Waals surface area contributed by atoms with Crippen molar-refractivity contribution in [1.29, 1.82) is 5.26 Å². The first-order valence-corrected chi connectivity index (χ1v) is 9.90. The predicted octanol–water partition coefficient (Wildman–Crippen LogP) is 4.26. The van der Waals surface area contributed by atoms with Crippen molar-refractivity contribution < 1.29 is 13.5 Å². The fourth-order valence-electron chi connectivity index (χ4n) is 4.09. The first-order chi connectivity index (χ1) is 14.5. The smallest absolute Gasteiger partial charge is 0.387 e. The molecule has 2 aromatic heterocycles. The number of benzene rings is 1. The molecule has 4 rings (SSSR count). The van der Waals surface area contributed by atoms with Gasteiger partial charge < -0.3 is 14.2 Å². The van der Waals surface area contributed by atoms with Gasteiger partial charge in [-0.15, -0.1) is 10.2 Å². The van der Waals surface area contributed by atoms with Gasteiger partial charge in [-0.2, -0.15) is 14.0 Å². The molecule has 1 atom stereocenters. The topological polar surface area (TPSA) is 79.9 Å². The third-order valence-electron chi connectivity index (χ3n) is 5.42. The second-order valence-electron chi connectivity index (χ2n) is 7.67. The number of rotatable bonds is 5. The molecular weight excluding hydrogens is 390 g/mol. The summed E-state index contributed by atoms with van der Waals surface area (Å²) in [6.45, 7) is 2.66. The Hall–Kier alpha value is -3.28. The number of pyridine rings is 1. The lowest BCUT2D eigenvalue weighted by Crippen LogP contribution is -2.36. The molecule has 0 radical (unpaired) electrons. The lowest BCUT2D eigenvalue weighted by Gasteiger charge is -2.35. The fourth-order valence-corrected chi connectivity index (χ4v) is 4.09. The number of hydrogen-bond donors (Lipinski definition) is 0. The molecule has 0 saturated carbocycles. The molecule has 1 unspecified atom stereocenters. The third-order valence-corrected chi connectivity index (χ3v) is 5.42. The number of anilines is 1. The minimum Gasteiger partial charge on any atom is -0.435 e. The molecule has 1 fully saturated rings. The lowest BCUT2D eigenvalue weighted by molar-refractivity contribution is -0.0497. The maximum Gasteiger partial charge on any atom is 0.387 e. The minimum atomic E-state index is -2.92. The van der Waals surface area contributed by atoms with E-state index in [0.29, 0.717) is 28.7 Å². The molecule has 0 aliphatic carbocycles. The number of fused-ring (bicyclic) bond motifs is 1. The highest BCUT2D eigenvalue weighted by molar-refractivity contribution is 5.95. The van der Waals surface area contributed by atoms with Crippen LogP contribution in [0.4, 0.5) is 14.5 Å². The number of nitriles is 1. The number of ether oxygens (including phenoxy) is 1. The van der Waals surface area contributed by atoms with Crippen LogP contribution >= 0.6 is 0 Å². The summed E-state index contributed by atoms with van der Waals surface area (Å²) >= 11 is 0. The standard InChI is InChI=1S/C21H22F2N6O/c1-13(2)29-12-26-27-20(29)14-4-3-7-28(11-14)19-15(9-24)10-25-18-6-5-16(8-17(18)19)30-21(22)23/h5-6,8,10,12-14,21H,3-4,7,11H2,1-2H3. The van der Waals surface area contributed by atoms with Crippen LogP contribution in [0.2, 0.25) is 0 Å². The van der Waals surface area contributed by atoms with Crippen molar-refractivity contribution in [2.75, 3.05) is 18.0 Å². The van der Waals surface area contributed by atoms with Gasteiger partial charge in [0.15, 0.2) is 0 Å². The van der Waals surface area contributed by atoms with E-state index in [0.717, 1.165) is 25.2 Å². The van der Waals surface area contributed by atoms with Gasteiger partial charge in [-0.05, 0) is 44.9 Å². The quantitative estimate of drug-likeness (QED) is 0.623. The predicted molar refractivity (Wildman–Crippen MR) is 108 cm³/mol. The molecule has 0 amide bonds. The minimum absolute atomic E-state index is 0.0451. The maximum absolute atomic E-state index is 12.7. The normalized spacial score (nSPS) is 17.0. The van der Waals surface area contributed by atoms with Crippen LogP contribution in [-0.2, 0) is 0 Å². The van der Waals surface area contributed by atoms with Crippen molar-refractivity contribution in [3.63, 3.8) is 0 Å². The molecule has 1 aliphatic rings. The Bertz CT molecular complexity index is 1090. The van der Waals surface area contributed by atoms with Crippen LogP contribution in [0.1, 0.15) is 50.0 Å². The molecule has 9 heteroatoms. The highest BCUT2D eigenvalue weighted by Gasteiger charge is 2.28. The largest absolute Gasteiger partial charge is 0.435 e. The monoisotopic (exact) mass is 412 g/mol. The Labute approximate surface area is 172 Å². The SMILES string of the molecule is CC(C)n1cnnc1C1CCCN(c2c(C#N)cnc3ccc(OC(F)F)cc23)C1. The zero-order valence-corrected chi connectivity index (χ0v) is 16.8. The van der Waals surface area contributed by atoms with E-state index < -0.39 is 6.61 Å². The highest BCUT2D eigenvalue weighted by Crippen LogP contribution is 2.36. The molecule has 0 N–H and O–H groups in total. The molecule has 1 saturated heterocycles. The number of alkyl halides is 2. The molecule has 0 bridgehead atoms. The molecule has 0 spiro atoms. The average Bonchev–Trinajstić information content (AvgIpc) is 3.23. The van der Waals surface area contributed by atoms with Gasteiger partial charge in [-0.3, -0.25) is 4.98 Å². The Kier molecular flexibility index (Phi) is 5.48. The van der Waals surface area contributed by atoms with Crippen LogP contribution in [0.15, 0.2) is 30.7 Å². The molecule has 1 aliphatic heterocycles. The van der Waals surface area contributed by atoms with Crippen LogP contribution in [0.25, 0.3) is 10.9 Å². The van der Waals surface area contributed by atoms with E-state index in [4.69, 9.17) is 0 Å². The lowest BCUT2D eigenvalue weighted by atomic mass is 9.95. The van der Waals surface area contributed by atoms with E-state index >= 15 is 0 Å². The molecule has 30 heavy (non-hydrogen) atoms. The van der Waals surface area contributed by atoms with Gasteiger partial charge in [0.2, 0.25) is 0 Å². The molecule has 3 heterocycles. The Morgan fingerprint density at radius 1 is 1.30 bits per heavy atom. The summed E-state index contributed by atoms with van der Waals surface area (Å²) in [6.07, 6.45) is 5.16. The number of halogens is 2. The average molecular weight is 412 g/mol. The van der Waals surface area contributed by atoms with Crippen molar-refractivity contribution in [3.05, 3.63) is 42.1 Å². The van der Waals surface area contributed by atoms with E-state index in [2.05, 4.69) is 49.3 Å². The zero-order valence-electron chi connectivity index (χ0n) is 16.8. The summed E-state index contributed by atoms with van der Waals surface area (Å²) in [5, 5.41) is 18.7. The second-order valence-corrected chi connectivity index (χ2v) is 7.67. The Balaban J connectivity index is 1.75. The van der Waals surface area contributed by atoms with Crippen LogP contribution in [0, 0.1) is 11.3 Å². The van der Waals surface area contributed by atoms with Gasteiger partial charge >= 0.3 is 6.61 Å². The number of piperidine rings is 1. The van der Waals surface area contributed by atoms with Crippen LogP contribution in [0.3, 0.4) is 0 Å². The van der Waals surface area contributed by atoms with Gasteiger partial charge in [0.05, 0.1) is 16.8 Å². The van der Waals surface area contributed by atoms with Crippen LogP contribution in [0.5, 0.6) is 5.75 Å². The number of aromatic nitrogens is 4. The Morgan fingerprint density at radius 3 is 2.87 bits per heavy atom. The van der Waals surface area contributed by atoms with E-state index in [1.54, 1.807) is 12.4 Å². The van der Waals surface area contributed by atoms with Crippen molar-refractivity contribution in [2.24, 2.45) is 0 Å². The second kappa shape index (κ2) is 8.22. The van der Waals surface area contributed by atoms with Crippen molar-refractivity contribution >= 4 is 16.6 Å². The van der Waals surface area contributed by atoms with Gasteiger partial charge in [0.25, 0.3) is 0 Å². The first kappa shape index (κ1) is 20.0. The third kappa shape index (κ3) is 3.77. The van der Waals surface area contributed by atoms with Gasteiger partial charge in [0.1, 0.15) is 24.0 Å². The summed E-state index contributed by atoms with van der Waals surface area (Å²) in [6, 6.07) is 7.07. The Morgan fingerprint density at radius 2 is 2.13 bits per heavy atom. The molecule has 156 valence electrons. The zero-order chi connectivity index (χ0) is 21.3. The number of nitrogens with zero attached hydrogens (tertiary/aromatic N) is 6. The van der Waals surface area contributed by atoms with Crippen molar-refractivity contribution in [2.45, 2.75) is 45.3 Å². The van der Waals surface area contributed by atoms with E-state index in [1.165, 1.54) is 18.3 Å². The first-order valence-electron chi connectivity index (χ1n) is 9.90. The molecule has 1 aromatic carbocycles. The summed E-state index contributed by atoms with van der Waals surface area (Å²) < 4.78 is 32.1. The molecule has 7 nitrogen and oxygen atoms in total. The van der Waals surface area contributed by atoms with E-state index in [9.17, 15) is 14.0 Å². The van der Waals surface area contributed by atoms with Crippen LogP contribution in [-0.4, -0.2) is 39.4 Å². The van der Waals surface area contributed by atoms with Gasteiger partial charge in [-0.1, -0.05) is 0 Å².